The highest BCUT2D eigenvalue weighted by Crippen LogP contribution is 2.34. The monoisotopic (exact) mass is 381 g/mol. The Morgan fingerprint density at radius 1 is 1.21 bits per heavy atom. The largest absolute Gasteiger partial charge is 0.455 e. The molecule has 2 aromatic rings. The summed E-state index contributed by atoms with van der Waals surface area (Å²) in [7, 11) is 0. The molecule has 2 rings (SSSR count). The minimum Gasteiger partial charge on any atom is -0.455 e. The van der Waals surface area contributed by atoms with Gasteiger partial charge in [0.15, 0.2) is 0 Å². The van der Waals surface area contributed by atoms with E-state index in [9.17, 15) is 0 Å². The Balaban J connectivity index is 0.00000143. The lowest BCUT2D eigenvalue weighted by molar-refractivity contribution is 0.568. The summed E-state index contributed by atoms with van der Waals surface area (Å²) in [5.74, 6) is 3.70. The van der Waals surface area contributed by atoms with Crippen molar-refractivity contribution in [3.8, 4) is 42.6 Å². The van der Waals surface area contributed by atoms with Crippen molar-refractivity contribution < 1.29 is 4.42 Å². The van der Waals surface area contributed by atoms with Crippen molar-refractivity contribution in [3.05, 3.63) is 85.2 Å². The standard InChI is InChI=1S/C22H19NO.C3H6.C2H2/c1-5-17(4)22-20(18(6-2)13-12-16(3)15-23)14-21(24-22)19-10-8-7-9-11-19;1-3-2;1-2/h1,6-14,16H,4H2,2-3H3;3H,1H2,2H3;1-2H/b13-12-,18-6+;;. The van der Waals surface area contributed by atoms with E-state index in [-0.39, 0.29) is 5.92 Å². The molecule has 2 heteroatoms. The lowest BCUT2D eigenvalue weighted by atomic mass is 10.00. The van der Waals surface area contributed by atoms with Crippen LogP contribution in [0.3, 0.4) is 0 Å². The Morgan fingerprint density at radius 3 is 2.28 bits per heavy atom. The second-order valence-corrected chi connectivity index (χ2v) is 5.77. The average Bonchev–Trinajstić information content (AvgIpc) is 3.21. The van der Waals surface area contributed by atoms with E-state index in [0.717, 1.165) is 22.5 Å². The van der Waals surface area contributed by atoms with E-state index in [1.165, 1.54) is 0 Å². The molecule has 0 N–H and O–H groups in total. The van der Waals surface area contributed by atoms with Gasteiger partial charge in [0.1, 0.15) is 11.5 Å². The Bertz CT molecular complexity index is 953. The van der Waals surface area contributed by atoms with Gasteiger partial charge in [-0.15, -0.1) is 25.8 Å². The minimum atomic E-state index is -0.167. The first-order valence-corrected chi connectivity index (χ1v) is 9.02. The normalized spacial score (nSPS) is 10.9. The quantitative estimate of drug-likeness (QED) is 0.313. The molecule has 0 aliphatic carbocycles. The maximum Gasteiger partial charge on any atom is 0.150 e. The minimum absolute atomic E-state index is 0.167. The summed E-state index contributed by atoms with van der Waals surface area (Å²) >= 11 is 0. The second-order valence-electron chi connectivity index (χ2n) is 5.77. The third-order valence-electron chi connectivity index (χ3n) is 3.63. The number of allylic oxidation sites excluding steroid dienone is 6. The number of hydrogen-bond acceptors (Lipinski definition) is 2. The molecule has 0 fully saturated rings. The van der Waals surface area contributed by atoms with Gasteiger partial charge in [0.05, 0.1) is 17.6 Å². The van der Waals surface area contributed by atoms with Crippen LogP contribution in [-0.2, 0) is 0 Å². The highest BCUT2D eigenvalue weighted by molar-refractivity contribution is 5.87. The van der Waals surface area contributed by atoms with E-state index in [2.05, 4.69) is 38.0 Å². The van der Waals surface area contributed by atoms with Gasteiger partial charge in [-0.25, -0.2) is 0 Å². The predicted molar refractivity (Wildman–Crippen MR) is 125 cm³/mol. The second kappa shape index (κ2) is 14.2. The first-order valence-electron chi connectivity index (χ1n) is 9.02. The Labute approximate surface area is 175 Å². The molecule has 29 heavy (non-hydrogen) atoms. The zero-order valence-corrected chi connectivity index (χ0v) is 17.4. The molecular formula is C27H27NO. The molecule has 0 spiro atoms. The maximum atomic E-state index is 8.94. The van der Waals surface area contributed by atoms with Crippen molar-refractivity contribution in [2.24, 2.45) is 5.92 Å². The summed E-state index contributed by atoms with van der Waals surface area (Å²) in [5, 5.41) is 8.94. The van der Waals surface area contributed by atoms with Crippen LogP contribution in [-0.4, -0.2) is 0 Å². The van der Waals surface area contributed by atoms with Crippen LogP contribution in [0.25, 0.3) is 22.5 Å². The fourth-order valence-corrected chi connectivity index (χ4v) is 2.27. The van der Waals surface area contributed by atoms with Gasteiger partial charge in [0, 0.05) is 11.1 Å². The number of rotatable bonds is 5. The van der Waals surface area contributed by atoms with E-state index in [0.29, 0.717) is 11.3 Å². The van der Waals surface area contributed by atoms with Crippen LogP contribution in [0.2, 0.25) is 0 Å². The molecule has 146 valence electrons. The van der Waals surface area contributed by atoms with Crippen LogP contribution in [0.5, 0.6) is 0 Å². The van der Waals surface area contributed by atoms with E-state index < -0.39 is 0 Å². The highest BCUT2D eigenvalue weighted by atomic mass is 16.3. The summed E-state index contributed by atoms with van der Waals surface area (Å²) in [5.41, 5.74) is 3.28. The molecule has 2 nitrogen and oxygen atoms in total. The van der Waals surface area contributed by atoms with Gasteiger partial charge in [-0.2, -0.15) is 5.26 Å². The first-order chi connectivity index (χ1) is 14.0. The fourth-order valence-electron chi connectivity index (χ4n) is 2.27. The summed E-state index contributed by atoms with van der Waals surface area (Å²) in [6.07, 6.45) is 21.0. The molecule has 0 saturated carbocycles. The number of terminal acetylenes is 2. The third kappa shape index (κ3) is 7.68. The lowest BCUT2D eigenvalue weighted by Gasteiger charge is -2.02. The molecule has 0 aliphatic heterocycles. The number of nitriles is 1. The summed E-state index contributed by atoms with van der Waals surface area (Å²) in [6, 6.07) is 14.0. The topological polar surface area (TPSA) is 36.9 Å². The van der Waals surface area contributed by atoms with Crippen LogP contribution in [0.1, 0.15) is 32.1 Å². The smallest absolute Gasteiger partial charge is 0.150 e. The molecule has 1 aromatic carbocycles. The Hall–Kier alpha value is -3.93. The van der Waals surface area contributed by atoms with E-state index in [1.54, 1.807) is 6.08 Å². The Kier molecular flexibility index (Phi) is 12.2. The number of furan rings is 1. The van der Waals surface area contributed by atoms with Crippen LogP contribution in [0, 0.1) is 42.4 Å². The third-order valence-corrected chi connectivity index (χ3v) is 3.63. The van der Waals surface area contributed by atoms with Gasteiger partial charge in [-0.05, 0) is 32.4 Å². The first kappa shape index (κ1) is 25.1. The molecule has 0 saturated heterocycles. The molecule has 1 unspecified atom stereocenters. The lowest BCUT2D eigenvalue weighted by Crippen LogP contribution is -1.87. The van der Waals surface area contributed by atoms with Crippen molar-refractivity contribution in [3.63, 3.8) is 0 Å². The van der Waals surface area contributed by atoms with Crippen molar-refractivity contribution >= 4 is 11.1 Å². The van der Waals surface area contributed by atoms with Crippen LogP contribution in [0.15, 0.2) is 78.3 Å². The van der Waals surface area contributed by atoms with E-state index >= 15 is 0 Å². The zero-order chi connectivity index (χ0) is 22.2. The SMILES string of the molecule is C#C.C#CC(=C)c1oc(-c2ccccc2)cc1C(/C=C\C(C)C#N)=C/C.C=CC. The maximum absolute atomic E-state index is 8.94. The van der Waals surface area contributed by atoms with Crippen molar-refractivity contribution in [2.45, 2.75) is 20.8 Å². The van der Waals surface area contributed by atoms with Crippen LogP contribution in [0.4, 0.5) is 0 Å². The van der Waals surface area contributed by atoms with E-state index in [1.807, 2.05) is 75.4 Å². The molecular weight excluding hydrogens is 354 g/mol. The van der Waals surface area contributed by atoms with Gasteiger partial charge >= 0.3 is 0 Å². The van der Waals surface area contributed by atoms with Crippen LogP contribution >= 0.6 is 0 Å². The van der Waals surface area contributed by atoms with Crippen molar-refractivity contribution in [1.29, 1.82) is 5.26 Å². The molecule has 1 aromatic heterocycles. The van der Waals surface area contributed by atoms with Gasteiger partial charge in [-0.3, -0.25) is 0 Å². The summed E-state index contributed by atoms with van der Waals surface area (Å²) in [6.45, 7) is 12.9. The predicted octanol–water partition coefficient (Wildman–Crippen LogP) is 7.15. The molecule has 1 atom stereocenters. The van der Waals surface area contributed by atoms with Crippen LogP contribution < -0.4 is 0 Å². The summed E-state index contributed by atoms with van der Waals surface area (Å²) < 4.78 is 5.99. The van der Waals surface area contributed by atoms with E-state index in [4.69, 9.17) is 16.1 Å². The molecule has 1 heterocycles. The van der Waals surface area contributed by atoms with Gasteiger partial charge in [0.25, 0.3) is 0 Å². The number of benzene rings is 1. The van der Waals surface area contributed by atoms with Gasteiger partial charge < -0.3 is 4.42 Å². The summed E-state index contributed by atoms with van der Waals surface area (Å²) in [4.78, 5) is 0. The molecule has 0 bridgehead atoms. The highest BCUT2D eigenvalue weighted by Gasteiger charge is 2.16. The Morgan fingerprint density at radius 2 is 1.79 bits per heavy atom. The number of nitrogens with zero attached hydrogens (tertiary/aromatic N) is 1. The molecule has 0 amide bonds. The average molecular weight is 382 g/mol. The van der Waals surface area contributed by atoms with Gasteiger partial charge in [-0.1, -0.05) is 67.1 Å². The molecule has 0 aliphatic rings. The van der Waals surface area contributed by atoms with Gasteiger partial charge in [0.2, 0.25) is 0 Å². The van der Waals surface area contributed by atoms with Crippen molar-refractivity contribution in [2.75, 3.05) is 0 Å². The zero-order valence-electron chi connectivity index (χ0n) is 17.4. The van der Waals surface area contributed by atoms with Crippen molar-refractivity contribution in [1.82, 2.24) is 0 Å². The fraction of sp³-hybridized carbons (Fsp3) is 0.148. The number of hydrogen-bond donors (Lipinski definition) is 0. The molecule has 0 radical (unpaired) electrons.